The standard InChI is InChI=1S/C28H38N2O5S/c1-20(2)15-16-30(36(32,33)25-12-7-21(3)8-13-25)26-14-9-22(4)18-29(28(26)31)19-23-10-11-24(34-5)17-27(23)35-6/h7-13,17,20,26H,14-16,18-19H2,1-6H3/t26-/m0/s1. The molecule has 3 rings (SSSR count). The Labute approximate surface area is 215 Å². The van der Waals surface area contributed by atoms with Crippen molar-refractivity contribution in [3.8, 4) is 11.5 Å². The highest BCUT2D eigenvalue weighted by Gasteiger charge is 2.38. The second-order valence-electron chi connectivity index (χ2n) is 9.79. The Morgan fingerprint density at radius 1 is 1.06 bits per heavy atom. The first kappa shape index (κ1) is 27.7. The minimum Gasteiger partial charge on any atom is -0.497 e. The highest BCUT2D eigenvalue weighted by atomic mass is 32.2. The molecule has 0 bridgehead atoms. The Bertz CT molecular complexity index is 1190. The lowest BCUT2D eigenvalue weighted by molar-refractivity contribution is -0.135. The third-order valence-corrected chi connectivity index (χ3v) is 8.41. The summed E-state index contributed by atoms with van der Waals surface area (Å²) in [6.07, 6.45) is 2.98. The quantitative estimate of drug-likeness (QED) is 0.426. The van der Waals surface area contributed by atoms with Crippen molar-refractivity contribution in [2.75, 3.05) is 27.3 Å². The monoisotopic (exact) mass is 514 g/mol. The van der Waals surface area contributed by atoms with E-state index in [0.717, 1.165) is 16.7 Å². The molecule has 0 aliphatic carbocycles. The van der Waals surface area contributed by atoms with E-state index in [1.54, 1.807) is 49.5 Å². The number of rotatable bonds is 10. The van der Waals surface area contributed by atoms with Crippen LogP contribution in [0.25, 0.3) is 0 Å². The van der Waals surface area contributed by atoms with Crippen molar-refractivity contribution < 1.29 is 22.7 Å². The third kappa shape index (κ3) is 6.48. The molecule has 36 heavy (non-hydrogen) atoms. The lowest BCUT2D eigenvalue weighted by Gasteiger charge is -2.33. The number of methoxy groups -OCH3 is 2. The minimum absolute atomic E-state index is 0.206. The van der Waals surface area contributed by atoms with Crippen LogP contribution >= 0.6 is 0 Å². The fraction of sp³-hybridized carbons (Fsp3) is 0.464. The SMILES string of the molecule is COc1ccc(CN2CC(C)=CC[C@H](N(CCC(C)C)S(=O)(=O)c3ccc(C)cc3)C2=O)c(OC)c1. The van der Waals surface area contributed by atoms with Crippen LogP contribution in [-0.2, 0) is 21.4 Å². The molecule has 0 aromatic heterocycles. The molecule has 7 nitrogen and oxygen atoms in total. The number of benzene rings is 2. The van der Waals surface area contributed by atoms with E-state index in [1.807, 2.05) is 32.1 Å². The summed E-state index contributed by atoms with van der Waals surface area (Å²) in [4.78, 5) is 15.9. The van der Waals surface area contributed by atoms with Gasteiger partial charge in [0.05, 0.1) is 19.1 Å². The van der Waals surface area contributed by atoms with E-state index >= 15 is 0 Å². The number of hydrogen-bond donors (Lipinski definition) is 0. The zero-order valence-electron chi connectivity index (χ0n) is 22.2. The fourth-order valence-electron chi connectivity index (χ4n) is 4.31. The first-order chi connectivity index (χ1) is 17.1. The molecule has 0 fully saturated rings. The van der Waals surface area contributed by atoms with Gasteiger partial charge in [0, 0.05) is 31.3 Å². The number of carbonyl (C=O) groups is 1. The van der Waals surface area contributed by atoms with Crippen molar-refractivity contribution >= 4 is 15.9 Å². The maximum Gasteiger partial charge on any atom is 0.243 e. The number of carbonyl (C=O) groups excluding carboxylic acids is 1. The smallest absolute Gasteiger partial charge is 0.243 e. The number of aryl methyl sites for hydroxylation is 1. The van der Waals surface area contributed by atoms with E-state index in [1.165, 1.54) is 4.31 Å². The minimum atomic E-state index is -3.88. The summed E-state index contributed by atoms with van der Waals surface area (Å²) in [5.41, 5.74) is 2.83. The zero-order chi connectivity index (χ0) is 26.5. The molecule has 0 spiro atoms. The summed E-state index contributed by atoms with van der Waals surface area (Å²) in [6, 6.07) is 11.5. The molecular weight excluding hydrogens is 476 g/mol. The number of amides is 1. The Hall–Kier alpha value is -2.84. The highest BCUT2D eigenvalue weighted by Crippen LogP contribution is 2.29. The van der Waals surface area contributed by atoms with Gasteiger partial charge < -0.3 is 14.4 Å². The molecule has 2 aromatic carbocycles. The molecule has 0 saturated carbocycles. The van der Waals surface area contributed by atoms with Gasteiger partial charge in [0.2, 0.25) is 15.9 Å². The summed E-state index contributed by atoms with van der Waals surface area (Å²) >= 11 is 0. The molecule has 1 amide bonds. The molecular formula is C28H38N2O5S. The first-order valence-electron chi connectivity index (χ1n) is 12.3. The molecule has 0 unspecified atom stereocenters. The van der Waals surface area contributed by atoms with E-state index in [0.29, 0.717) is 43.3 Å². The Balaban J connectivity index is 1.99. The maximum absolute atomic E-state index is 14.0. The lowest BCUT2D eigenvalue weighted by Crippen LogP contribution is -2.50. The number of ether oxygens (including phenoxy) is 2. The average molecular weight is 515 g/mol. The predicted molar refractivity (Wildman–Crippen MR) is 142 cm³/mol. The van der Waals surface area contributed by atoms with Gasteiger partial charge in [0.25, 0.3) is 0 Å². The van der Waals surface area contributed by atoms with Crippen molar-refractivity contribution in [3.05, 3.63) is 65.2 Å². The number of hydrogen-bond acceptors (Lipinski definition) is 5. The normalized spacial score (nSPS) is 16.8. The van der Waals surface area contributed by atoms with Gasteiger partial charge in [-0.25, -0.2) is 8.42 Å². The topological polar surface area (TPSA) is 76.2 Å². The van der Waals surface area contributed by atoms with Crippen LogP contribution < -0.4 is 9.47 Å². The molecule has 1 heterocycles. The van der Waals surface area contributed by atoms with Crippen LogP contribution in [0.5, 0.6) is 11.5 Å². The Morgan fingerprint density at radius 3 is 2.36 bits per heavy atom. The number of nitrogens with zero attached hydrogens (tertiary/aromatic N) is 2. The van der Waals surface area contributed by atoms with Crippen LogP contribution in [0.15, 0.2) is 59.0 Å². The van der Waals surface area contributed by atoms with Crippen LogP contribution in [-0.4, -0.2) is 56.9 Å². The van der Waals surface area contributed by atoms with E-state index in [-0.39, 0.29) is 17.3 Å². The highest BCUT2D eigenvalue weighted by molar-refractivity contribution is 7.89. The van der Waals surface area contributed by atoms with Crippen LogP contribution in [0.3, 0.4) is 0 Å². The molecule has 1 aliphatic heterocycles. The Morgan fingerprint density at radius 2 is 1.75 bits per heavy atom. The van der Waals surface area contributed by atoms with Crippen LogP contribution in [0.4, 0.5) is 0 Å². The van der Waals surface area contributed by atoms with Crippen LogP contribution in [0, 0.1) is 12.8 Å². The van der Waals surface area contributed by atoms with E-state index in [4.69, 9.17) is 9.47 Å². The molecule has 0 saturated heterocycles. The number of sulfonamides is 1. The van der Waals surface area contributed by atoms with E-state index < -0.39 is 16.1 Å². The van der Waals surface area contributed by atoms with Crippen LogP contribution in [0.2, 0.25) is 0 Å². The van der Waals surface area contributed by atoms with Gasteiger partial charge in [0.15, 0.2) is 0 Å². The summed E-state index contributed by atoms with van der Waals surface area (Å²) in [7, 11) is -0.712. The van der Waals surface area contributed by atoms with Gasteiger partial charge in [-0.3, -0.25) is 4.79 Å². The molecule has 196 valence electrons. The van der Waals surface area contributed by atoms with Gasteiger partial charge >= 0.3 is 0 Å². The fourth-order valence-corrected chi connectivity index (χ4v) is 5.91. The van der Waals surface area contributed by atoms with Gasteiger partial charge in [-0.15, -0.1) is 0 Å². The van der Waals surface area contributed by atoms with Crippen molar-refractivity contribution in [2.45, 2.75) is 58.0 Å². The van der Waals surface area contributed by atoms with E-state index in [2.05, 4.69) is 13.8 Å². The zero-order valence-corrected chi connectivity index (χ0v) is 23.0. The van der Waals surface area contributed by atoms with Crippen LogP contribution in [0.1, 0.15) is 44.7 Å². The summed E-state index contributed by atoms with van der Waals surface area (Å²) in [5.74, 6) is 1.36. The van der Waals surface area contributed by atoms with Gasteiger partial charge in [-0.2, -0.15) is 4.31 Å². The Kier molecular flexibility index (Phi) is 9.19. The predicted octanol–water partition coefficient (Wildman–Crippen LogP) is 4.80. The molecule has 0 radical (unpaired) electrons. The first-order valence-corrected chi connectivity index (χ1v) is 13.7. The second-order valence-corrected chi connectivity index (χ2v) is 11.7. The molecule has 8 heteroatoms. The van der Waals surface area contributed by atoms with Crippen molar-refractivity contribution in [3.63, 3.8) is 0 Å². The van der Waals surface area contributed by atoms with Gasteiger partial charge in [-0.1, -0.05) is 43.2 Å². The third-order valence-electron chi connectivity index (χ3n) is 6.48. The lowest BCUT2D eigenvalue weighted by atomic mass is 10.1. The van der Waals surface area contributed by atoms with Gasteiger partial charge in [-0.05, 0) is 56.9 Å². The van der Waals surface area contributed by atoms with Crippen molar-refractivity contribution in [2.24, 2.45) is 5.92 Å². The maximum atomic E-state index is 14.0. The largest absolute Gasteiger partial charge is 0.497 e. The van der Waals surface area contributed by atoms with E-state index in [9.17, 15) is 13.2 Å². The van der Waals surface area contributed by atoms with Crippen molar-refractivity contribution in [1.29, 1.82) is 0 Å². The molecule has 1 atom stereocenters. The summed E-state index contributed by atoms with van der Waals surface area (Å²) in [5, 5.41) is 0. The van der Waals surface area contributed by atoms with Gasteiger partial charge in [0.1, 0.15) is 17.5 Å². The van der Waals surface area contributed by atoms with Crippen molar-refractivity contribution in [1.82, 2.24) is 9.21 Å². The molecule has 2 aromatic rings. The molecule has 0 N–H and O–H groups in total. The second kappa shape index (κ2) is 11.9. The summed E-state index contributed by atoms with van der Waals surface area (Å²) < 4.78 is 39.9. The summed E-state index contributed by atoms with van der Waals surface area (Å²) in [6.45, 7) is 9.00. The average Bonchev–Trinajstić information content (AvgIpc) is 2.97. The molecule has 1 aliphatic rings.